The second kappa shape index (κ2) is 6.03. The summed E-state index contributed by atoms with van der Waals surface area (Å²) in [5.74, 6) is 0.798. The largest absolute Gasteiger partial charge is 0.497 e. The van der Waals surface area contributed by atoms with Gasteiger partial charge in [-0.05, 0) is 42.1 Å². The molecule has 0 unspecified atom stereocenters. The van der Waals surface area contributed by atoms with Gasteiger partial charge < -0.3 is 9.26 Å². The van der Waals surface area contributed by atoms with E-state index in [4.69, 9.17) is 9.26 Å². The van der Waals surface area contributed by atoms with Crippen molar-refractivity contribution >= 4 is 23.1 Å². The van der Waals surface area contributed by atoms with Gasteiger partial charge in [0.2, 0.25) is 5.88 Å². The van der Waals surface area contributed by atoms with E-state index in [9.17, 15) is 4.79 Å². The molecule has 2 heterocycles. The van der Waals surface area contributed by atoms with Crippen LogP contribution in [0.4, 0.5) is 5.88 Å². The summed E-state index contributed by atoms with van der Waals surface area (Å²) in [6, 6.07) is 10.9. The number of amides is 1. The number of methoxy groups -OCH3 is 1. The van der Waals surface area contributed by atoms with Gasteiger partial charge in [0.15, 0.2) is 0 Å². The highest BCUT2D eigenvalue weighted by atomic mass is 32.1. The molecule has 1 amide bonds. The number of carbonyl (C=O) groups excluding carboxylic acids is 1. The normalized spacial score (nSPS) is 10.5. The van der Waals surface area contributed by atoms with Crippen LogP contribution in [0.3, 0.4) is 0 Å². The van der Waals surface area contributed by atoms with Crippen molar-refractivity contribution in [3.8, 4) is 16.3 Å². The highest BCUT2D eigenvalue weighted by Crippen LogP contribution is 2.26. The van der Waals surface area contributed by atoms with Gasteiger partial charge in [0.25, 0.3) is 5.91 Å². The maximum atomic E-state index is 12.3. The number of ether oxygens (including phenoxy) is 1. The van der Waals surface area contributed by atoms with E-state index in [-0.39, 0.29) is 5.91 Å². The first kappa shape index (κ1) is 14.3. The molecule has 0 saturated carbocycles. The summed E-state index contributed by atoms with van der Waals surface area (Å²) in [6.07, 6.45) is 0. The molecular formula is C16H14N2O3S. The minimum absolute atomic E-state index is 0.242. The molecule has 5 nitrogen and oxygen atoms in total. The number of aryl methyl sites for hydroxylation is 1. The Labute approximate surface area is 131 Å². The number of hydrogen-bond donors (Lipinski definition) is 1. The summed E-state index contributed by atoms with van der Waals surface area (Å²) in [7, 11) is 1.59. The van der Waals surface area contributed by atoms with Gasteiger partial charge in [0.1, 0.15) is 11.4 Å². The van der Waals surface area contributed by atoms with E-state index in [1.165, 1.54) is 0 Å². The van der Waals surface area contributed by atoms with Gasteiger partial charge >= 0.3 is 0 Å². The number of anilines is 1. The highest BCUT2D eigenvalue weighted by Gasteiger charge is 2.14. The zero-order valence-corrected chi connectivity index (χ0v) is 12.9. The molecule has 0 spiro atoms. The molecule has 0 atom stereocenters. The monoisotopic (exact) mass is 314 g/mol. The molecular weight excluding hydrogens is 300 g/mol. The average Bonchev–Trinajstić information content (AvgIpc) is 3.17. The highest BCUT2D eigenvalue weighted by molar-refractivity contribution is 7.13. The van der Waals surface area contributed by atoms with Crippen LogP contribution in [0.5, 0.6) is 5.75 Å². The Bertz CT molecular complexity index is 794. The number of thiophene rings is 1. The maximum Gasteiger partial charge on any atom is 0.258 e. The van der Waals surface area contributed by atoms with E-state index in [2.05, 4.69) is 10.5 Å². The van der Waals surface area contributed by atoms with Crippen LogP contribution in [0.25, 0.3) is 10.6 Å². The molecule has 22 heavy (non-hydrogen) atoms. The number of aromatic nitrogens is 1. The maximum absolute atomic E-state index is 12.3. The third-order valence-electron chi connectivity index (χ3n) is 3.20. The van der Waals surface area contributed by atoms with Gasteiger partial charge in [-0.25, -0.2) is 0 Å². The van der Waals surface area contributed by atoms with Crippen LogP contribution in [0, 0.1) is 6.92 Å². The molecule has 3 rings (SSSR count). The average molecular weight is 314 g/mol. The summed E-state index contributed by atoms with van der Waals surface area (Å²) in [4.78, 5) is 13.3. The molecule has 0 bridgehead atoms. The Kier molecular flexibility index (Phi) is 3.93. The van der Waals surface area contributed by atoms with Crippen molar-refractivity contribution in [2.24, 2.45) is 0 Å². The minimum atomic E-state index is -0.242. The Balaban J connectivity index is 1.77. The van der Waals surface area contributed by atoms with Crippen LogP contribution in [0.2, 0.25) is 0 Å². The number of nitrogens with one attached hydrogen (secondary N) is 1. The predicted octanol–water partition coefficient (Wildman–Crippen LogP) is 3.97. The predicted molar refractivity (Wildman–Crippen MR) is 85.5 cm³/mol. The van der Waals surface area contributed by atoms with Gasteiger partial charge in [0, 0.05) is 11.6 Å². The van der Waals surface area contributed by atoms with Crippen LogP contribution in [-0.2, 0) is 0 Å². The van der Waals surface area contributed by atoms with Crippen molar-refractivity contribution in [1.29, 1.82) is 0 Å². The van der Waals surface area contributed by atoms with E-state index in [1.54, 1.807) is 36.6 Å². The van der Waals surface area contributed by atoms with Crippen molar-refractivity contribution in [1.82, 2.24) is 5.16 Å². The number of rotatable bonds is 4. The van der Waals surface area contributed by atoms with Crippen LogP contribution in [0.1, 0.15) is 15.9 Å². The lowest BCUT2D eigenvalue weighted by molar-refractivity contribution is 0.102. The van der Waals surface area contributed by atoms with E-state index >= 15 is 0 Å². The smallest absolute Gasteiger partial charge is 0.258 e. The minimum Gasteiger partial charge on any atom is -0.497 e. The van der Waals surface area contributed by atoms with E-state index in [0.29, 0.717) is 22.9 Å². The first-order valence-corrected chi connectivity index (χ1v) is 7.52. The fourth-order valence-electron chi connectivity index (χ4n) is 2.07. The van der Waals surface area contributed by atoms with Crippen LogP contribution < -0.4 is 10.1 Å². The summed E-state index contributed by atoms with van der Waals surface area (Å²) in [6.45, 7) is 1.86. The zero-order chi connectivity index (χ0) is 15.5. The Hall–Kier alpha value is -2.60. The Morgan fingerprint density at radius 3 is 2.86 bits per heavy atom. The fraction of sp³-hybridized carbons (Fsp3) is 0.125. The topological polar surface area (TPSA) is 64.4 Å². The second-order valence-corrected chi connectivity index (χ2v) is 5.64. The van der Waals surface area contributed by atoms with Crippen molar-refractivity contribution in [2.45, 2.75) is 6.92 Å². The van der Waals surface area contributed by atoms with Crippen LogP contribution in [0.15, 0.2) is 46.3 Å². The quantitative estimate of drug-likeness (QED) is 0.791. The zero-order valence-electron chi connectivity index (χ0n) is 12.1. The number of hydrogen-bond acceptors (Lipinski definition) is 5. The lowest BCUT2D eigenvalue weighted by Gasteiger charge is -2.07. The second-order valence-electron chi connectivity index (χ2n) is 4.69. The van der Waals surface area contributed by atoms with E-state index in [1.807, 2.05) is 30.5 Å². The number of benzene rings is 1. The summed E-state index contributed by atoms with van der Waals surface area (Å²) in [5, 5.41) is 8.63. The number of carbonyl (C=O) groups is 1. The standard InChI is InChI=1S/C16H14N2O3S/c1-10-8-11(20-2)5-6-12(10)16(19)17-15-9-13(18-21-15)14-4-3-7-22-14/h3-9H,1-2H3,(H,17,19). The van der Waals surface area contributed by atoms with Gasteiger partial charge in [-0.1, -0.05) is 11.2 Å². The Morgan fingerprint density at radius 2 is 2.18 bits per heavy atom. The molecule has 0 radical (unpaired) electrons. The summed E-state index contributed by atoms with van der Waals surface area (Å²) in [5.41, 5.74) is 2.10. The number of nitrogens with zero attached hydrogens (tertiary/aromatic N) is 1. The van der Waals surface area contributed by atoms with Crippen molar-refractivity contribution in [3.05, 3.63) is 52.9 Å². The summed E-state index contributed by atoms with van der Waals surface area (Å²) >= 11 is 1.56. The molecule has 112 valence electrons. The molecule has 0 saturated heterocycles. The SMILES string of the molecule is COc1ccc(C(=O)Nc2cc(-c3cccs3)no2)c(C)c1. The fourth-order valence-corrected chi connectivity index (χ4v) is 2.75. The van der Waals surface area contributed by atoms with Crippen molar-refractivity contribution in [3.63, 3.8) is 0 Å². The van der Waals surface area contributed by atoms with Gasteiger partial charge in [-0.15, -0.1) is 11.3 Å². The molecule has 0 aliphatic heterocycles. The lowest BCUT2D eigenvalue weighted by atomic mass is 10.1. The third-order valence-corrected chi connectivity index (χ3v) is 4.09. The molecule has 6 heteroatoms. The van der Waals surface area contributed by atoms with Gasteiger partial charge in [-0.2, -0.15) is 0 Å². The molecule has 1 N–H and O–H groups in total. The van der Waals surface area contributed by atoms with Crippen LogP contribution >= 0.6 is 11.3 Å². The molecule has 1 aromatic carbocycles. The molecule has 2 aromatic heterocycles. The molecule has 0 fully saturated rings. The lowest BCUT2D eigenvalue weighted by Crippen LogP contribution is -2.12. The van der Waals surface area contributed by atoms with Crippen LogP contribution in [-0.4, -0.2) is 18.2 Å². The van der Waals surface area contributed by atoms with Gasteiger partial charge in [0.05, 0.1) is 12.0 Å². The van der Waals surface area contributed by atoms with Crippen molar-refractivity contribution in [2.75, 3.05) is 12.4 Å². The van der Waals surface area contributed by atoms with E-state index in [0.717, 1.165) is 10.4 Å². The van der Waals surface area contributed by atoms with Gasteiger partial charge in [-0.3, -0.25) is 10.1 Å². The first-order valence-electron chi connectivity index (χ1n) is 6.64. The first-order chi connectivity index (χ1) is 10.7. The third kappa shape index (κ3) is 2.87. The van der Waals surface area contributed by atoms with E-state index < -0.39 is 0 Å². The van der Waals surface area contributed by atoms with Crippen molar-refractivity contribution < 1.29 is 14.1 Å². The summed E-state index contributed by atoms with van der Waals surface area (Å²) < 4.78 is 10.3. The molecule has 0 aliphatic carbocycles. The molecule has 3 aromatic rings. The Morgan fingerprint density at radius 1 is 1.32 bits per heavy atom. The molecule has 0 aliphatic rings.